The fraction of sp³-hybridized carbons (Fsp3) is 0.250. The van der Waals surface area contributed by atoms with Crippen LogP contribution in [-0.2, 0) is 6.42 Å². The van der Waals surface area contributed by atoms with Gasteiger partial charge in [-0.25, -0.2) is 15.0 Å². The second-order valence-corrected chi connectivity index (χ2v) is 7.58. The summed E-state index contributed by atoms with van der Waals surface area (Å²) in [6, 6.07) is 11.6. The molecule has 3 aromatic heterocycles. The maximum Gasteiger partial charge on any atom is 0.173 e. The molecule has 0 fully saturated rings. The molecule has 0 amide bonds. The van der Waals surface area contributed by atoms with E-state index in [4.69, 9.17) is 9.97 Å². The molecule has 0 unspecified atom stereocenters. The van der Waals surface area contributed by atoms with Gasteiger partial charge in [0.1, 0.15) is 11.3 Å². The minimum atomic E-state index is 0.269. The summed E-state index contributed by atoms with van der Waals surface area (Å²) in [5, 5.41) is 14.9. The van der Waals surface area contributed by atoms with E-state index in [-0.39, 0.29) is 11.8 Å². The molecular weight excluding hydrogens is 358 g/mol. The highest BCUT2D eigenvalue weighted by Crippen LogP contribution is 2.28. The van der Waals surface area contributed by atoms with Crippen molar-refractivity contribution in [3.8, 4) is 16.5 Å². The number of imidazole rings is 1. The summed E-state index contributed by atoms with van der Waals surface area (Å²) < 4.78 is 2.07. The molecule has 0 radical (unpaired) electrons. The van der Waals surface area contributed by atoms with Crippen LogP contribution in [0.1, 0.15) is 25.5 Å². The Kier molecular flexibility index (Phi) is 4.77. The van der Waals surface area contributed by atoms with Gasteiger partial charge in [-0.15, -0.1) is 11.3 Å². The molecule has 7 heteroatoms. The van der Waals surface area contributed by atoms with E-state index in [0.29, 0.717) is 5.82 Å². The van der Waals surface area contributed by atoms with E-state index in [2.05, 4.69) is 28.7 Å². The summed E-state index contributed by atoms with van der Waals surface area (Å²) in [5.41, 5.74) is 2.78. The van der Waals surface area contributed by atoms with Crippen LogP contribution in [-0.4, -0.2) is 31.2 Å². The van der Waals surface area contributed by atoms with Crippen LogP contribution in [0.15, 0.2) is 48.1 Å². The quantitative estimate of drug-likeness (QED) is 0.516. The van der Waals surface area contributed by atoms with Crippen molar-refractivity contribution in [2.75, 3.05) is 11.9 Å². The van der Waals surface area contributed by atoms with E-state index < -0.39 is 0 Å². The SMILES string of the molecule is CC(C)n1cnc2c(NCCc3ccc(O)cc3)nc(-c3cccs3)nc21. The monoisotopic (exact) mass is 379 g/mol. The third kappa shape index (κ3) is 3.64. The minimum Gasteiger partial charge on any atom is -0.508 e. The van der Waals surface area contributed by atoms with Crippen molar-refractivity contribution in [3.05, 3.63) is 53.7 Å². The number of nitrogens with one attached hydrogen (secondary N) is 1. The van der Waals surface area contributed by atoms with Gasteiger partial charge in [0.2, 0.25) is 0 Å². The van der Waals surface area contributed by atoms with Gasteiger partial charge in [-0.3, -0.25) is 0 Å². The molecule has 6 nitrogen and oxygen atoms in total. The highest BCUT2D eigenvalue weighted by atomic mass is 32.1. The first-order chi connectivity index (χ1) is 13.1. The molecule has 27 heavy (non-hydrogen) atoms. The average molecular weight is 379 g/mol. The number of anilines is 1. The predicted octanol–water partition coefficient (Wildman–Crippen LogP) is 4.50. The Bertz CT molecular complexity index is 1040. The maximum atomic E-state index is 9.40. The fourth-order valence-corrected chi connectivity index (χ4v) is 3.58. The number of nitrogens with zero attached hydrogens (tertiary/aromatic N) is 4. The highest BCUT2D eigenvalue weighted by Gasteiger charge is 2.16. The van der Waals surface area contributed by atoms with Crippen LogP contribution in [0.5, 0.6) is 5.75 Å². The molecule has 0 saturated carbocycles. The van der Waals surface area contributed by atoms with E-state index in [1.54, 1.807) is 23.5 Å². The molecule has 2 N–H and O–H groups in total. The van der Waals surface area contributed by atoms with Gasteiger partial charge in [0.15, 0.2) is 17.3 Å². The first-order valence-electron chi connectivity index (χ1n) is 8.92. The third-order valence-corrected chi connectivity index (χ3v) is 5.23. The second-order valence-electron chi connectivity index (χ2n) is 6.63. The summed E-state index contributed by atoms with van der Waals surface area (Å²) in [6.45, 7) is 4.95. The van der Waals surface area contributed by atoms with Gasteiger partial charge in [0.05, 0.1) is 11.2 Å². The van der Waals surface area contributed by atoms with E-state index in [1.165, 1.54) is 0 Å². The Balaban J connectivity index is 1.65. The van der Waals surface area contributed by atoms with Crippen LogP contribution in [0.2, 0.25) is 0 Å². The standard InChI is InChI=1S/C20H21N5OS/c1-13(2)25-12-22-17-19(21-10-9-14-5-7-15(26)8-6-14)23-18(24-20(17)25)16-4-3-11-27-16/h3-8,11-13,26H,9-10H2,1-2H3,(H,21,23,24). The normalized spacial score (nSPS) is 11.4. The lowest BCUT2D eigenvalue weighted by molar-refractivity contribution is 0.475. The minimum absolute atomic E-state index is 0.269. The summed E-state index contributed by atoms with van der Waals surface area (Å²) in [7, 11) is 0. The van der Waals surface area contributed by atoms with Crippen molar-refractivity contribution in [2.24, 2.45) is 0 Å². The lowest BCUT2D eigenvalue weighted by atomic mass is 10.1. The number of phenolic OH excluding ortho intramolecular Hbond substituents is 1. The Morgan fingerprint density at radius 2 is 1.96 bits per heavy atom. The summed E-state index contributed by atoms with van der Waals surface area (Å²) in [6.07, 6.45) is 2.65. The molecule has 4 aromatic rings. The van der Waals surface area contributed by atoms with Crippen molar-refractivity contribution >= 4 is 28.3 Å². The lowest BCUT2D eigenvalue weighted by Crippen LogP contribution is -2.09. The molecule has 3 heterocycles. The first-order valence-corrected chi connectivity index (χ1v) is 9.80. The van der Waals surface area contributed by atoms with Gasteiger partial charge >= 0.3 is 0 Å². The fourth-order valence-electron chi connectivity index (χ4n) is 2.92. The highest BCUT2D eigenvalue weighted by molar-refractivity contribution is 7.13. The molecule has 138 valence electrons. The number of benzene rings is 1. The van der Waals surface area contributed by atoms with E-state index in [9.17, 15) is 5.11 Å². The number of hydrogen-bond acceptors (Lipinski definition) is 6. The molecule has 0 atom stereocenters. The number of phenols is 1. The van der Waals surface area contributed by atoms with Crippen LogP contribution < -0.4 is 5.32 Å². The molecule has 0 aliphatic rings. The van der Waals surface area contributed by atoms with Crippen molar-refractivity contribution in [2.45, 2.75) is 26.3 Å². The number of thiophene rings is 1. The number of aromatic nitrogens is 4. The summed E-state index contributed by atoms with van der Waals surface area (Å²) in [5.74, 6) is 1.75. The largest absolute Gasteiger partial charge is 0.508 e. The smallest absolute Gasteiger partial charge is 0.173 e. The Hall–Kier alpha value is -2.93. The summed E-state index contributed by atoms with van der Waals surface area (Å²) >= 11 is 1.63. The van der Waals surface area contributed by atoms with Crippen LogP contribution in [0.4, 0.5) is 5.82 Å². The number of hydrogen-bond donors (Lipinski definition) is 2. The van der Waals surface area contributed by atoms with Gasteiger partial charge in [0.25, 0.3) is 0 Å². The van der Waals surface area contributed by atoms with Gasteiger partial charge in [-0.1, -0.05) is 18.2 Å². The van der Waals surface area contributed by atoms with Gasteiger partial charge in [-0.05, 0) is 49.4 Å². The Morgan fingerprint density at radius 3 is 2.67 bits per heavy atom. The van der Waals surface area contributed by atoms with E-state index in [1.807, 2.05) is 36.0 Å². The molecule has 0 spiro atoms. The van der Waals surface area contributed by atoms with Crippen LogP contribution in [0, 0.1) is 0 Å². The molecule has 0 aliphatic carbocycles. The van der Waals surface area contributed by atoms with Crippen LogP contribution in [0.25, 0.3) is 21.9 Å². The molecule has 4 rings (SSSR count). The number of aromatic hydroxyl groups is 1. The topological polar surface area (TPSA) is 75.9 Å². The summed E-state index contributed by atoms with van der Waals surface area (Å²) in [4.78, 5) is 15.1. The Morgan fingerprint density at radius 1 is 1.15 bits per heavy atom. The lowest BCUT2D eigenvalue weighted by Gasteiger charge is -2.11. The van der Waals surface area contributed by atoms with Crippen LogP contribution in [0.3, 0.4) is 0 Å². The number of fused-ring (bicyclic) bond motifs is 1. The zero-order valence-corrected chi connectivity index (χ0v) is 16.1. The Labute approximate surface area is 161 Å². The molecular formula is C20H21N5OS. The van der Waals surface area contributed by atoms with Gasteiger partial charge in [-0.2, -0.15) is 0 Å². The molecule has 0 saturated heterocycles. The molecule has 1 aromatic carbocycles. The van der Waals surface area contributed by atoms with Crippen molar-refractivity contribution in [3.63, 3.8) is 0 Å². The maximum absolute atomic E-state index is 9.40. The molecule has 0 bridgehead atoms. The van der Waals surface area contributed by atoms with E-state index in [0.717, 1.165) is 40.4 Å². The number of rotatable bonds is 6. The third-order valence-electron chi connectivity index (χ3n) is 4.36. The van der Waals surface area contributed by atoms with Crippen molar-refractivity contribution in [1.82, 2.24) is 19.5 Å². The van der Waals surface area contributed by atoms with Crippen molar-refractivity contribution in [1.29, 1.82) is 0 Å². The predicted molar refractivity (Wildman–Crippen MR) is 109 cm³/mol. The van der Waals surface area contributed by atoms with Crippen LogP contribution >= 0.6 is 11.3 Å². The van der Waals surface area contributed by atoms with Gasteiger partial charge in [0, 0.05) is 12.6 Å². The zero-order valence-electron chi connectivity index (χ0n) is 15.3. The van der Waals surface area contributed by atoms with Crippen molar-refractivity contribution < 1.29 is 5.11 Å². The zero-order chi connectivity index (χ0) is 18.8. The molecule has 0 aliphatic heterocycles. The van der Waals surface area contributed by atoms with E-state index >= 15 is 0 Å². The first kappa shape index (κ1) is 17.5. The second kappa shape index (κ2) is 7.36. The van der Waals surface area contributed by atoms with Gasteiger partial charge < -0.3 is 15.0 Å². The average Bonchev–Trinajstić information content (AvgIpc) is 3.33.